The number of rotatable bonds is 8. The van der Waals surface area contributed by atoms with Gasteiger partial charge in [-0.25, -0.2) is 4.39 Å². The Morgan fingerprint density at radius 3 is 2.83 bits per heavy atom. The van der Waals surface area contributed by atoms with E-state index in [1.807, 2.05) is 36.9 Å². The van der Waals surface area contributed by atoms with Gasteiger partial charge in [0.1, 0.15) is 23.4 Å². The van der Waals surface area contributed by atoms with E-state index in [0.29, 0.717) is 36.2 Å². The van der Waals surface area contributed by atoms with E-state index < -0.39 is 0 Å². The van der Waals surface area contributed by atoms with Gasteiger partial charge in [0.2, 0.25) is 5.91 Å². The SMILES string of the molecule is CCOc1cc2c(cc1NC(=O)CN(Cc1ccccc1F)C1CC1)O[C@@H](C)C2. The summed E-state index contributed by atoms with van der Waals surface area (Å²) >= 11 is 0. The Kier molecular flexibility index (Phi) is 5.72. The maximum Gasteiger partial charge on any atom is 0.238 e. The zero-order valence-electron chi connectivity index (χ0n) is 16.9. The Labute approximate surface area is 170 Å². The van der Waals surface area contributed by atoms with Crippen LogP contribution in [0.25, 0.3) is 0 Å². The molecule has 2 aromatic rings. The Hall–Kier alpha value is -2.60. The first kappa shape index (κ1) is 19.7. The van der Waals surface area contributed by atoms with Gasteiger partial charge in [0, 0.05) is 36.2 Å². The summed E-state index contributed by atoms with van der Waals surface area (Å²) in [6.45, 7) is 5.09. The van der Waals surface area contributed by atoms with Crippen molar-refractivity contribution < 1.29 is 18.7 Å². The van der Waals surface area contributed by atoms with E-state index >= 15 is 0 Å². The molecule has 2 aliphatic rings. The van der Waals surface area contributed by atoms with E-state index in [0.717, 1.165) is 30.6 Å². The van der Waals surface area contributed by atoms with Crippen LogP contribution < -0.4 is 14.8 Å². The average molecular weight is 398 g/mol. The molecule has 29 heavy (non-hydrogen) atoms. The Balaban J connectivity index is 1.47. The number of carbonyl (C=O) groups is 1. The molecule has 1 saturated carbocycles. The van der Waals surface area contributed by atoms with Crippen molar-refractivity contribution in [2.45, 2.75) is 51.8 Å². The molecule has 1 amide bonds. The molecular weight excluding hydrogens is 371 g/mol. The van der Waals surface area contributed by atoms with Crippen LogP contribution in [0.3, 0.4) is 0 Å². The van der Waals surface area contributed by atoms with Crippen LogP contribution in [0.15, 0.2) is 36.4 Å². The lowest BCUT2D eigenvalue weighted by Crippen LogP contribution is -2.34. The van der Waals surface area contributed by atoms with Crippen molar-refractivity contribution in [2.75, 3.05) is 18.5 Å². The number of anilines is 1. The van der Waals surface area contributed by atoms with Crippen LogP contribution in [-0.2, 0) is 17.8 Å². The van der Waals surface area contributed by atoms with Gasteiger partial charge in [-0.2, -0.15) is 0 Å². The molecule has 1 fully saturated rings. The normalized spacial score (nSPS) is 17.7. The Bertz CT molecular complexity index is 898. The maximum atomic E-state index is 14.1. The minimum absolute atomic E-state index is 0.122. The number of nitrogens with zero attached hydrogens (tertiary/aromatic N) is 1. The van der Waals surface area contributed by atoms with Crippen LogP contribution in [0, 0.1) is 5.82 Å². The predicted molar refractivity (Wildman–Crippen MR) is 110 cm³/mol. The molecule has 0 unspecified atom stereocenters. The van der Waals surface area contributed by atoms with Gasteiger partial charge in [0.15, 0.2) is 0 Å². The molecule has 154 valence electrons. The zero-order valence-corrected chi connectivity index (χ0v) is 16.9. The summed E-state index contributed by atoms with van der Waals surface area (Å²) in [4.78, 5) is 14.9. The second-order valence-corrected chi connectivity index (χ2v) is 7.80. The van der Waals surface area contributed by atoms with Gasteiger partial charge >= 0.3 is 0 Å². The lowest BCUT2D eigenvalue weighted by Gasteiger charge is -2.22. The van der Waals surface area contributed by atoms with Crippen LogP contribution in [-0.4, -0.2) is 36.1 Å². The monoisotopic (exact) mass is 398 g/mol. The molecule has 1 atom stereocenters. The highest BCUT2D eigenvalue weighted by atomic mass is 19.1. The second kappa shape index (κ2) is 8.41. The second-order valence-electron chi connectivity index (χ2n) is 7.80. The first-order valence-corrected chi connectivity index (χ1v) is 10.3. The third kappa shape index (κ3) is 4.70. The Morgan fingerprint density at radius 2 is 2.10 bits per heavy atom. The summed E-state index contributed by atoms with van der Waals surface area (Å²) in [5.41, 5.74) is 2.33. The average Bonchev–Trinajstić information content (AvgIpc) is 3.46. The first-order valence-electron chi connectivity index (χ1n) is 10.3. The van der Waals surface area contributed by atoms with E-state index in [1.54, 1.807) is 12.1 Å². The summed E-state index contributed by atoms with van der Waals surface area (Å²) in [6.07, 6.45) is 3.03. The van der Waals surface area contributed by atoms with Gasteiger partial charge in [0.05, 0.1) is 18.8 Å². The van der Waals surface area contributed by atoms with Crippen molar-refractivity contribution in [3.8, 4) is 11.5 Å². The molecule has 4 rings (SSSR count). The number of ether oxygens (including phenoxy) is 2. The number of amides is 1. The lowest BCUT2D eigenvalue weighted by molar-refractivity contribution is -0.117. The number of hydrogen-bond donors (Lipinski definition) is 1. The molecule has 0 bridgehead atoms. The number of carbonyl (C=O) groups excluding carboxylic acids is 1. The summed E-state index contributed by atoms with van der Waals surface area (Å²) < 4.78 is 25.6. The molecule has 6 heteroatoms. The molecule has 0 saturated heterocycles. The number of fused-ring (bicyclic) bond motifs is 1. The molecule has 2 aromatic carbocycles. The highest BCUT2D eigenvalue weighted by Crippen LogP contribution is 2.38. The van der Waals surface area contributed by atoms with Crippen molar-refractivity contribution in [3.63, 3.8) is 0 Å². The van der Waals surface area contributed by atoms with E-state index in [9.17, 15) is 9.18 Å². The minimum Gasteiger partial charge on any atom is -0.492 e. The van der Waals surface area contributed by atoms with Gasteiger partial charge in [-0.3, -0.25) is 9.69 Å². The fourth-order valence-corrected chi connectivity index (χ4v) is 3.79. The summed E-state index contributed by atoms with van der Waals surface area (Å²) in [7, 11) is 0. The van der Waals surface area contributed by atoms with Crippen LogP contribution in [0.1, 0.15) is 37.8 Å². The van der Waals surface area contributed by atoms with E-state index in [4.69, 9.17) is 9.47 Å². The first-order chi connectivity index (χ1) is 14.0. The Morgan fingerprint density at radius 1 is 1.31 bits per heavy atom. The smallest absolute Gasteiger partial charge is 0.238 e. The van der Waals surface area contributed by atoms with Crippen LogP contribution >= 0.6 is 0 Å². The molecule has 0 spiro atoms. The summed E-state index contributed by atoms with van der Waals surface area (Å²) in [6, 6.07) is 10.9. The number of halogens is 1. The van der Waals surface area contributed by atoms with Crippen molar-refractivity contribution in [1.29, 1.82) is 0 Å². The van der Waals surface area contributed by atoms with Gasteiger partial charge in [0.25, 0.3) is 0 Å². The van der Waals surface area contributed by atoms with Gasteiger partial charge in [-0.05, 0) is 38.8 Å². The predicted octanol–water partition coefficient (Wildman–Crippen LogP) is 4.15. The zero-order chi connectivity index (χ0) is 20.4. The molecule has 1 N–H and O–H groups in total. The van der Waals surface area contributed by atoms with Gasteiger partial charge < -0.3 is 14.8 Å². The minimum atomic E-state index is -0.234. The maximum absolute atomic E-state index is 14.1. The molecule has 1 aliphatic heterocycles. The van der Waals surface area contributed by atoms with Gasteiger partial charge in [-0.15, -0.1) is 0 Å². The lowest BCUT2D eigenvalue weighted by atomic mass is 10.1. The third-order valence-electron chi connectivity index (χ3n) is 5.31. The van der Waals surface area contributed by atoms with Crippen molar-refractivity contribution in [3.05, 3.63) is 53.3 Å². The molecule has 0 aromatic heterocycles. The standard InChI is InChI=1S/C23H27FN2O3/c1-3-28-22-11-17-10-15(2)29-21(17)12-20(22)25-23(27)14-26(18-8-9-18)13-16-6-4-5-7-19(16)24/h4-7,11-12,15,18H,3,8-10,13-14H2,1-2H3,(H,25,27)/t15-/m0/s1. The number of hydrogen-bond acceptors (Lipinski definition) is 4. The van der Waals surface area contributed by atoms with E-state index in [-0.39, 0.29) is 24.4 Å². The third-order valence-corrected chi connectivity index (χ3v) is 5.31. The van der Waals surface area contributed by atoms with Crippen LogP contribution in [0.2, 0.25) is 0 Å². The van der Waals surface area contributed by atoms with Gasteiger partial charge in [-0.1, -0.05) is 18.2 Å². The largest absolute Gasteiger partial charge is 0.492 e. The van der Waals surface area contributed by atoms with Crippen LogP contribution in [0.5, 0.6) is 11.5 Å². The summed E-state index contributed by atoms with van der Waals surface area (Å²) in [5.74, 6) is 1.08. The van der Waals surface area contributed by atoms with E-state index in [2.05, 4.69) is 5.32 Å². The van der Waals surface area contributed by atoms with E-state index in [1.165, 1.54) is 6.07 Å². The fourth-order valence-electron chi connectivity index (χ4n) is 3.79. The molecule has 5 nitrogen and oxygen atoms in total. The molecule has 0 radical (unpaired) electrons. The molecule has 1 heterocycles. The number of nitrogens with one attached hydrogen (secondary N) is 1. The fraction of sp³-hybridized carbons (Fsp3) is 0.435. The topological polar surface area (TPSA) is 50.8 Å². The quantitative estimate of drug-likeness (QED) is 0.726. The van der Waals surface area contributed by atoms with Crippen molar-refractivity contribution >= 4 is 11.6 Å². The molecule has 1 aliphatic carbocycles. The number of benzene rings is 2. The van der Waals surface area contributed by atoms with Crippen molar-refractivity contribution in [1.82, 2.24) is 4.90 Å². The molecular formula is C23H27FN2O3. The highest BCUT2D eigenvalue weighted by Gasteiger charge is 2.31. The summed E-state index contributed by atoms with van der Waals surface area (Å²) in [5, 5.41) is 2.97. The highest BCUT2D eigenvalue weighted by molar-refractivity contribution is 5.94. The van der Waals surface area contributed by atoms with Crippen LogP contribution in [0.4, 0.5) is 10.1 Å². The van der Waals surface area contributed by atoms with Crippen molar-refractivity contribution in [2.24, 2.45) is 0 Å².